The van der Waals surface area contributed by atoms with E-state index in [1.165, 1.54) is 37.7 Å². The molecule has 1 N–H and O–H groups in total. The molecule has 112 valence electrons. The monoisotopic (exact) mass is 278 g/mol. The second kappa shape index (κ2) is 8.38. The number of nitrogens with one attached hydrogen (secondary N) is 1. The highest BCUT2D eigenvalue weighted by Crippen LogP contribution is 2.17. The smallest absolute Gasteiger partial charge is 0.127 e. The molecule has 1 saturated heterocycles. The van der Waals surface area contributed by atoms with Gasteiger partial charge >= 0.3 is 0 Å². The summed E-state index contributed by atoms with van der Waals surface area (Å²) in [6, 6.07) is 5.53. The summed E-state index contributed by atoms with van der Waals surface area (Å²) >= 11 is 0. The second-order valence-corrected chi connectivity index (χ2v) is 5.75. The maximum Gasteiger partial charge on any atom is 0.127 e. The van der Waals surface area contributed by atoms with Gasteiger partial charge in [0.1, 0.15) is 5.82 Å². The molecule has 0 saturated carbocycles. The van der Waals surface area contributed by atoms with E-state index in [-0.39, 0.29) is 5.82 Å². The normalized spacial score (nSPS) is 17.7. The van der Waals surface area contributed by atoms with Crippen LogP contribution in [0.4, 0.5) is 4.39 Å². The van der Waals surface area contributed by atoms with Crippen LogP contribution in [0.25, 0.3) is 0 Å². The minimum atomic E-state index is -0.0627. The Morgan fingerprint density at radius 2 is 1.80 bits per heavy atom. The van der Waals surface area contributed by atoms with Crippen molar-refractivity contribution in [2.24, 2.45) is 0 Å². The zero-order valence-electron chi connectivity index (χ0n) is 12.6. The van der Waals surface area contributed by atoms with Crippen LogP contribution < -0.4 is 5.32 Å². The number of rotatable bonds is 5. The van der Waals surface area contributed by atoms with Crippen molar-refractivity contribution >= 4 is 0 Å². The van der Waals surface area contributed by atoms with E-state index in [1.54, 1.807) is 6.07 Å². The lowest BCUT2D eigenvalue weighted by molar-refractivity contribution is 0.237. The van der Waals surface area contributed by atoms with Gasteiger partial charge in [-0.2, -0.15) is 0 Å². The number of nitrogens with zero attached hydrogens (tertiary/aromatic N) is 1. The highest BCUT2D eigenvalue weighted by Gasteiger charge is 2.11. The van der Waals surface area contributed by atoms with E-state index in [4.69, 9.17) is 0 Å². The van der Waals surface area contributed by atoms with Crippen LogP contribution in [0.1, 0.15) is 50.2 Å². The molecule has 0 spiro atoms. The van der Waals surface area contributed by atoms with Crippen molar-refractivity contribution in [3.8, 4) is 0 Å². The molecule has 1 aromatic rings. The molecular formula is C17H27FN2. The molecule has 0 atom stereocenters. The van der Waals surface area contributed by atoms with Crippen molar-refractivity contribution in [1.29, 1.82) is 0 Å². The Bertz CT molecular complexity index is 398. The molecule has 0 bridgehead atoms. The van der Waals surface area contributed by atoms with E-state index in [2.05, 4.69) is 17.1 Å². The largest absolute Gasteiger partial charge is 0.313 e. The summed E-state index contributed by atoms with van der Waals surface area (Å²) in [6.45, 7) is 6.83. The van der Waals surface area contributed by atoms with Crippen molar-refractivity contribution in [2.45, 2.75) is 52.1 Å². The highest BCUT2D eigenvalue weighted by molar-refractivity contribution is 5.25. The lowest BCUT2D eigenvalue weighted by atomic mass is 10.1. The van der Waals surface area contributed by atoms with E-state index in [0.717, 1.165) is 38.3 Å². The van der Waals surface area contributed by atoms with Gasteiger partial charge in [-0.3, -0.25) is 4.90 Å². The molecule has 0 aliphatic carbocycles. The average Bonchev–Trinajstić information content (AvgIpc) is 2.42. The van der Waals surface area contributed by atoms with Gasteiger partial charge in [-0.05, 0) is 44.1 Å². The minimum absolute atomic E-state index is 0.0627. The van der Waals surface area contributed by atoms with Gasteiger partial charge in [-0.25, -0.2) is 4.39 Å². The fourth-order valence-corrected chi connectivity index (χ4v) is 2.84. The van der Waals surface area contributed by atoms with Gasteiger partial charge in [0.05, 0.1) is 0 Å². The summed E-state index contributed by atoms with van der Waals surface area (Å²) in [4.78, 5) is 2.41. The Labute approximate surface area is 122 Å². The molecule has 1 aliphatic rings. The molecular weight excluding hydrogens is 251 g/mol. The van der Waals surface area contributed by atoms with Gasteiger partial charge in [0.15, 0.2) is 0 Å². The van der Waals surface area contributed by atoms with Gasteiger partial charge in [-0.15, -0.1) is 0 Å². The van der Waals surface area contributed by atoms with Crippen LogP contribution in [0.15, 0.2) is 18.2 Å². The van der Waals surface area contributed by atoms with E-state index in [0.29, 0.717) is 0 Å². The molecule has 2 nitrogen and oxygen atoms in total. The van der Waals surface area contributed by atoms with Crippen LogP contribution >= 0.6 is 0 Å². The van der Waals surface area contributed by atoms with Crippen LogP contribution in [0, 0.1) is 5.82 Å². The Balaban J connectivity index is 1.98. The van der Waals surface area contributed by atoms with Crippen LogP contribution in [0.5, 0.6) is 0 Å². The molecule has 0 unspecified atom stereocenters. The van der Waals surface area contributed by atoms with Gasteiger partial charge < -0.3 is 5.32 Å². The predicted octanol–water partition coefficient (Wildman–Crippen LogP) is 3.70. The highest BCUT2D eigenvalue weighted by atomic mass is 19.1. The third-order valence-electron chi connectivity index (χ3n) is 4.03. The van der Waals surface area contributed by atoms with Crippen LogP contribution in [0.3, 0.4) is 0 Å². The summed E-state index contributed by atoms with van der Waals surface area (Å²) in [7, 11) is 0. The SMILES string of the molecule is CCNCc1ccc(F)c(CN2CCCCCCC2)c1. The molecule has 20 heavy (non-hydrogen) atoms. The quantitative estimate of drug-likeness (QED) is 0.883. The van der Waals surface area contributed by atoms with Crippen LogP contribution in [-0.2, 0) is 13.1 Å². The third kappa shape index (κ3) is 4.88. The summed E-state index contributed by atoms with van der Waals surface area (Å²) in [5.74, 6) is -0.0627. The van der Waals surface area contributed by atoms with Gasteiger partial charge in [-0.1, -0.05) is 38.3 Å². The fourth-order valence-electron chi connectivity index (χ4n) is 2.84. The van der Waals surface area contributed by atoms with Crippen LogP contribution in [-0.4, -0.2) is 24.5 Å². The van der Waals surface area contributed by atoms with E-state index >= 15 is 0 Å². The standard InChI is InChI=1S/C17H27FN2/c1-2-19-13-15-8-9-17(18)16(12-15)14-20-10-6-4-3-5-7-11-20/h8-9,12,19H,2-7,10-11,13-14H2,1H3. The molecule has 0 aromatic heterocycles. The average molecular weight is 278 g/mol. The van der Waals surface area contributed by atoms with E-state index < -0.39 is 0 Å². The predicted molar refractivity (Wildman–Crippen MR) is 82.1 cm³/mol. The van der Waals surface area contributed by atoms with Crippen molar-refractivity contribution in [1.82, 2.24) is 10.2 Å². The number of likely N-dealkylation sites (tertiary alicyclic amines) is 1. The first-order chi connectivity index (χ1) is 9.79. The maximum absolute atomic E-state index is 14.0. The number of benzene rings is 1. The van der Waals surface area contributed by atoms with Gasteiger partial charge in [0, 0.05) is 18.7 Å². The number of hydrogen-bond donors (Lipinski definition) is 1. The maximum atomic E-state index is 14.0. The minimum Gasteiger partial charge on any atom is -0.313 e. The first-order valence-corrected chi connectivity index (χ1v) is 8.00. The lowest BCUT2D eigenvalue weighted by Gasteiger charge is -2.25. The van der Waals surface area contributed by atoms with Gasteiger partial charge in [0.2, 0.25) is 0 Å². The molecule has 1 heterocycles. The first kappa shape index (κ1) is 15.5. The molecule has 1 fully saturated rings. The molecule has 0 amide bonds. The molecule has 3 heteroatoms. The zero-order chi connectivity index (χ0) is 14.2. The Morgan fingerprint density at radius 1 is 1.10 bits per heavy atom. The van der Waals surface area contributed by atoms with Crippen molar-refractivity contribution < 1.29 is 4.39 Å². The lowest BCUT2D eigenvalue weighted by Crippen LogP contribution is -2.27. The topological polar surface area (TPSA) is 15.3 Å². The molecule has 0 radical (unpaired) electrons. The Morgan fingerprint density at radius 3 is 2.50 bits per heavy atom. The van der Waals surface area contributed by atoms with Gasteiger partial charge in [0.25, 0.3) is 0 Å². The Kier molecular flexibility index (Phi) is 6.48. The summed E-state index contributed by atoms with van der Waals surface area (Å²) in [5, 5.41) is 3.30. The zero-order valence-corrected chi connectivity index (χ0v) is 12.6. The molecule has 1 aliphatic heterocycles. The molecule has 2 rings (SSSR count). The van der Waals surface area contributed by atoms with Crippen LogP contribution in [0.2, 0.25) is 0 Å². The Hall–Kier alpha value is -0.930. The number of hydrogen-bond acceptors (Lipinski definition) is 2. The third-order valence-corrected chi connectivity index (χ3v) is 4.03. The molecule has 1 aromatic carbocycles. The van der Waals surface area contributed by atoms with Crippen molar-refractivity contribution in [3.05, 3.63) is 35.1 Å². The van der Waals surface area contributed by atoms with Crippen molar-refractivity contribution in [3.63, 3.8) is 0 Å². The second-order valence-electron chi connectivity index (χ2n) is 5.75. The first-order valence-electron chi connectivity index (χ1n) is 8.00. The van der Waals surface area contributed by atoms with E-state index in [1.807, 2.05) is 12.1 Å². The van der Waals surface area contributed by atoms with Crippen molar-refractivity contribution in [2.75, 3.05) is 19.6 Å². The summed E-state index contributed by atoms with van der Waals surface area (Å²) in [5.41, 5.74) is 2.02. The summed E-state index contributed by atoms with van der Waals surface area (Å²) in [6.07, 6.45) is 6.50. The fraction of sp³-hybridized carbons (Fsp3) is 0.647. The summed E-state index contributed by atoms with van der Waals surface area (Å²) < 4.78 is 14.0. The number of halogens is 1. The van der Waals surface area contributed by atoms with E-state index in [9.17, 15) is 4.39 Å².